The van der Waals surface area contributed by atoms with E-state index in [0.717, 1.165) is 63.1 Å². The van der Waals surface area contributed by atoms with E-state index in [1.165, 1.54) is 5.56 Å². The number of piperidine rings is 1. The highest BCUT2D eigenvalue weighted by Crippen LogP contribution is 2.68. The average molecular weight is 377 g/mol. The zero-order valence-electron chi connectivity index (χ0n) is 14.8. The van der Waals surface area contributed by atoms with Crippen LogP contribution < -0.4 is 10.6 Å². The summed E-state index contributed by atoms with van der Waals surface area (Å²) >= 11 is 0. The lowest BCUT2D eigenvalue weighted by Crippen LogP contribution is -2.38. The quantitative estimate of drug-likeness (QED) is 0.691. The third-order valence-corrected chi connectivity index (χ3v) is 5.97. The molecule has 7 heteroatoms. The van der Waals surface area contributed by atoms with Crippen molar-refractivity contribution in [1.29, 1.82) is 0 Å². The van der Waals surface area contributed by atoms with Gasteiger partial charge in [0.05, 0.1) is 11.1 Å². The standard InChI is InChI=1S/C17H28N4O.2ClH/c1-12-14(13(2)21-20-12)5-4-8-19-15(22)16(3)11-17(16)6-9-18-10-7-17;;/h18H,4-11H2,1-3H3,(H,19,22)(H,20,21);2*1H. The van der Waals surface area contributed by atoms with Crippen LogP contribution in [0.15, 0.2) is 0 Å². The molecule has 1 saturated carbocycles. The molecular formula is C17H30Cl2N4O. The molecule has 2 fully saturated rings. The lowest BCUT2D eigenvalue weighted by Gasteiger charge is -2.27. The van der Waals surface area contributed by atoms with E-state index in [9.17, 15) is 4.79 Å². The number of nitrogens with one attached hydrogen (secondary N) is 3. The molecule has 1 aromatic heterocycles. The van der Waals surface area contributed by atoms with E-state index in [2.05, 4.69) is 34.7 Å². The SMILES string of the molecule is Cc1n[nH]c(C)c1CCCNC(=O)C1(C)CC12CCNCC2.Cl.Cl. The Labute approximate surface area is 156 Å². The van der Waals surface area contributed by atoms with Crippen molar-refractivity contribution in [2.24, 2.45) is 10.8 Å². The van der Waals surface area contributed by atoms with E-state index >= 15 is 0 Å². The Hall–Kier alpha value is -0.780. The number of H-pyrrole nitrogens is 1. The maximum Gasteiger partial charge on any atom is 0.226 e. The monoisotopic (exact) mass is 376 g/mol. The molecule has 1 aromatic rings. The normalized spacial score (nSPS) is 24.0. The van der Waals surface area contributed by atoms with Gasteiger partial charge < -0.3 is 10.6 Å². The number of halogens is 2. The minimum atomic E-state index is -0.128. The Morgan fingerprint density at radius 1 is 1.25 bits per heavy atom. The minimum absolute atomic E-state index is 0. The Morgan fingerprint density at radius 3 is 2.50 bits per heavy atom. The van der Waals surface area contributed by atoms with Crippen molar-refractivity contribution in [2.75, 3.05) is 19.6 Å². The summed E-state index contributed by atoms with van der Waals surface area (Å²) in [5, 5.41) is 13.8. The molecule has 1 saturated heterocycles. The Morgan fingerprint density at radius 2 is 1.92 bits per heavy atom. The van der Waals surface area contributed by atoms with Gasteiger partial charge in [0.25, 0.3) is 0 Å². The highest BCUT2D eigenvalue weighted by atomic mass is 35.5. The molecule has 1 unspecified atom stereocenters. The van der Waals surface area contributed by atoms with Crippen molar-refractivity contribution in [1.82, 2.24) is 20.8 Å². The lowest BCUT2D eigenvalue weighted by atomic mass is 9.85. The van der Waals surface area contributed by atoms with Crippen LogP contribution in [0.4, 0.5) is 0 Å². The highest BCUT2D eigenvalue weighted by molar-refractivity contribution is 5.86. The number of hydrogen-bond donors (Lipinski definition) is 3. The van der Waals surface area contributed by atoms with Crippen LogP contribution in [0.3, 0.4) is 0 Å². The van der Waals surface area contributed by atoms with Gasteiger partial charge in [0, 0.05) is 12.2 Å². The van der Waals surface area contributed by atoms with Gasteiger partial charge in [-0.15, -0.1) is 24.8 Å². The first-order valence-corrected chi connectivity index (χ1v) is 8.48. The van der Waals surface area contributed by atoms with Crippen molar-refractivity contribution in [3.63, 3.8) is 0 Å². The largest absolute Gasteiger partial charge is 0.356 e. The molecular weight excluding hydrogens is 347 g/mol. The van der Waals surface area contributed by atoms with Crippen LogP contribution in [0.5, 0.6) is 0 Å². The van der Waals surface area contributed by atoms with Crippen molar-refractivity contribution < 1.29 is 4.79 Å². The maximum atomic E-state index is 12.5. The molecule has 1 spiro atoms. The summed E-state index contributed by atoms with van der Waals surface area (Å²) in [6.45, 7) is 9.11. The van der Waals surface area contributed by atoms with Gasteiger partial charge in [-0.05, 0) is 70.0 Å². The summed E-state index contributed by atoms with van der Waals surface area (Å²) in [5.41, 5.74) is 3.66. The number of nitrogens with zero attached hydrogens (tertiary/aromatic N) is 1. The summed E-state index contributed by atoms with van der Waals surface area (Å²) < 4.78 is 0. The first-order chi connectivity index (χ1) is 10.5. The molecule has 1 amide bonds. The van der Waals surface area contributed by atoms with Gasteiger partial charge in [0.2, 0.25) is 5.91 Å². The number of aromatic nitrogens is 2. The maximum absolute atomic E-state index is 12.5. The zero-order valence-corrected chi connectivity index (χ0v) is 16.5. The topological polar surface area (TPSA) is 69.8 Å². The van der Waals surface area contributed by atoms with Gasteiger partial charge in [-0.1, -0.05) is 6.92 Å². The van der Waals surface area contributed by atoms with Gasteiger partial charge in [0.15, 0.2) is 0 Å². The molecule has 0 bridgehead atoms. The molecule has 0 radical (unpaired) electrons. The predicted octanol–water partition coefficient (Wildman–Crippen LogP) is 2.70. The van der Waals surface area contributed by atoms with E-state index in [4.69, 9.17) is 0 Å². The van der Waals surface area contributed by atoms with Crippen LogP contribution in [-0.4, -0.2) is 35.7 Å². The van der Waals surface area contributed by atoms with Crippen LogP contribution in [0.1, 0.15) is 49.6 Å². The summed E-state index contributed by atoms with van der Waals surface area (Å²) in [4.78, 5) is 12.5. The predicted molar refractivity (Wildman–Crippen MR) is 101 cm³/mol. The summed E-state index contributed by atoms with van der Waals surface area (Å²) in [6.07, 6.45) is 5.29. The van der Waals surface area contributed by atoms with E-state index in [0.29, 0.717) is 0 Å². The number of amides is 1. The third kappa shape index (κ3) is 3.73. The van der Waals surface area contributed by atoms with Crippen LogP contribution in [0.25, 0.3) is 0 Å². The van der Waals surface area contributed by atoms with E-state index in [1.54, 1.807) is 0 Å². The molecule has 0 aromatic carbocycles. The third-order valence-electron chi connectivity index (χ3n) is 5.97. The van der Waals surface area contributed by atoms with Crippen molar-refractivity contribution in [2.45, 2.75) is 52.9 Å². The average Bonchev–Trinajstić information content (AvgIpc) is 2.94. The molecule has 2 aliphatic rings. The van der Waals surface area contributed by atoms with Gasteiger partial charge in [-0.2, -0.15) is 5.10 Å². The van der Waals surface area contributed by atoms with Crippen LogP contribution in [-0.2, 0) is 11.2 Å². The van der Waals surface area contributed by atoms with Crippen molar-refractivity contribution in [3.05, 3.63) is 17.0 Å². The first-order valence-electron chi connectivity index (χ1n) is 8.48. The smallest absolute Gasteiger partial charge is 0.226 e. The Bertz CT molecular complexity index is 549. The number of aromatic amines is 1. The molecule has 1 aliphatic carbocycles. The second-order valence-corrected chi connectivity index (χ2v) is 7.31. The molecule has 3 rings (SSSR count). The number of aryl methyl sites for hydroxylation is 2. The Kier molecular flexibility index (Phi) is 7.15. The minimum Gasteiger partial charge on any atom is -0.356 e. The number of carbonyl (C=O) groups excluding carboxylic acids is 1. The molecule has 3 N–H and O–H groups in total. The Balaban J connectivity index is 0.00000144. The number of hydrogen-bond acceptors (Lipinski definition) is 3. The van der Waals surface area contributed by atoms with E-state index in [1.807, 2.05) is 6.92 Å². The van der Waals surface area contributed by atoms with Gasteiger partial charge in [0.1, 0.15) is 0 Å². The van der Waals surface area contributed by atoms with Gasteiger partial charge in [-0.25, -0.2) is 0 Å². The van der Waals surface area contributed by atoms with Crippen LogP contribution in [0, 0.1) is 24.7 Å². The fourth-order valence-corrected chi connectivity index (χ4v) is 4.19. The van der Waals surface area contributed by atoms with Crippen molar-refractivity contribution in [3.8, 4) is 0 Å². The molecule has 1 aliphatic heterocycles. The second kappa shape index (κ2) is 8.07. The first kappa shape index (κ1) is 21.3. The fraction of sp³-hybridized carbons (Fsp3) is 0.765. The second-order valence-electron chi connectivity index (χ2n) is 7.31. The van der Waals surface area contributed by atoms with E-state index in [-0.39, 0.29) is 41.6 Å². The lowest BCUT2D eigenvalue weighted by molar-refractivity contribution is -0.127. The van der Waals surface area contributed by atoms with E-state index < -0.39 is 0 Å². The zero-order chi connectivity index (χ0) is 15.8. The van der Waals surface area contributed by atoms with Gasteiger partial charge >= 0.3 is 0 Å². The fourth-order valence-electron chi connectivity index (χ4n) is 4.19. The summed E-state index contributed by atoms with van der Waals surface area (Å²) in [5.74, 6) is 0.259. The number of carbonyl (C=O) groups is 1. The molecule has 138 valence electrons. The van der Waals surface area contributed by atoms with Gasteiger partial charge in [-0.3, -0.25) is 9.89 Å². The van der Waals surface area contributed by atoms with Crippen molar-refractivity contribution >= 4 is 30.7 Å². The molecule has 1 atom stereocenters. The summed E-state index contributed by atoms with van der Waals surface area (Å²) in [6, 6.07) is 0. The number of rotatable bonds is 5. The van der Waals surface area contributed by atoms with Crippen LogP contribution in [0.2, 0.25) is 0 Å². The molecule has 5 nitrogen and oxygen atoms in total. The highest BCUT2D eigenvalue weighted by Gasteiger charge is 2.67. The molecule has 2 heterocycles. The van der Waals surface area contributed by atoms with Crippen LogP contribution >= 0.6 is 24.8 Å². The molecule has 24 heavy (non-hydrogen) atoms. The summed E-state index contributed by atoms with van der Waals surface area (Å²) in [7, 11) is 0.